The molecule has 3 spiro atoms. The van der Waals surface area contributed by atoms with Crippen LogP contribution in [0.15, 0.2) is 91.0 Å². The van der Waals surface area contributed by atoms with Gasteiger partial charge in [-0.05, 0) is 390 Å². The summed E-state index contributed by atoms with van der Waals surface area (Å²) in [7, 11) is 0. The predicted molar refractivity (Wildman–Crippen MR) is 570 cm³/mol. The predicted octanol–water partition coefficient (Wildman–Crippen LogP) is 20.5. The molecule has 0 radical (unpaired) electrons. The molecule has 15 rings (SSSR count). The number of fused-ring (bicyclic) bond motifs is 6. The summed E-state index contributed by atoms with van der Waals surface area (Å²) in [6.45, 7) is 55.3. The Hall–Kier alpha value is -8.13. The van der Waals surface area contributed by atoms with Gasteiger partial charge in [0.15, 0.2) is 0 Å². The lowest BCUT2D eigenvalue weighted by Gasteiger charge is -2.42. The van der Waals surface area contributed by atoms with Crippen LogP contribution in [0, 0.1) is 84.1 Å². The number of piperidine rings is 3. The van der Waals surface area contributed by atoms with Crippen molar-refractivity contribution in [2.24, 2.45) is 17.8 Å². The molecule has 22 nitrogen and oxygen atoms in total. The minimum absolute atomic E-state index is 0. The summed E-state index contributed by atoms with van der Waals surface area (Å²) >= 11 is 7.25. The van der Waals surface area contributed by atoms with Gasteiger partial charge in [-0.15, -0.1) is 12.4 Å². The number of halogens is 16. The first-order valence-electron chi connectivity index (χ1n) is 50.1. The fourth-order valence-corrected chi connectivity index (χ4v) is 24.9. The van der Waals surface area contributed by atoms with Crippen LogP contribution in [0.4, 0.5) is 57.5 Å². The fraction of sp³-hybridized carbons (Fsp3) is 0.595. The Labute approximate surface area is 914 Å². The number of alkyl halides is 6. The first kappa shape index (κ1) is 124. The lowest BCUT2D eigenvalue weighted by Crippen LogP contribution is -2.49. The zero-order chi connectivity index (χ0) is 111. The van der Waals surface area contributed by atoms with E-state index in [1.807, 2.05) is 61.1 Å². The number of benzene rings is 6. The van der Waals surface area contributed by atoms with Crippen LogP contribution < -0.4 is 26.2 Å². The Morgan fingerprint density at radius 1 is 0.369 bits per heavy atom. The van der Waals surface area contributed by atoms with Crippen LogP contribution in [0.5, 0.6) is 0 Å². The van der Waals surface area contributed by atoms with E-state index in [4.69, 9.17) is 24.5 Å². The van der Waals surface area contributed by atoms with E-state index in [9.17, 15) is 82.6 Å². The molecule has 0 bridgehead atoms. The number of carbonyl (C=O) groups is 9. The van der Waals surface area contributed by atoms with Crippen LogP contribution in [0.2, 0.25) is 0 Å². The Morgan fingerprint density at radius 2 is 0.604 bits per heavy atom. The van der Waals surface area contributed by atoms with E-state index in [-0.39, 0.29) is 133 Å². The summed E-state index contributed by atoms with van der Waals surface area (Å²) in [4.78, 5) is 118. The van der Waals surface area contributed by atoms with E-state index in [1.54, 1.807) is 20.8 Å². The molecule has 149 heavy (non-hydrogen) atoms. The van der Waals surface area contributed by atoms with Crippen LogP contribution in [0.1, 0.15) is 305 Å². The molecular weight excluding hydrogens is 2310 g/mol. The second kappa shape index (κ2) is 47.3. The molecule has 3 unspecified atom stereocenters. The number of ether oxygens (including phenoxy) is 1. The molecule has 0 aromatic heterocycles. The van der Waals surface area contributed by atoms with Crippen molar-refractivity contribution in [2.45, 2.75) is 327 Å². The lowest BCUT2D eigenvalue weighted by atomic mass is 9.71. The Kier molecular flexibility index (Phi) is 39.5. The first-order chi connectivity index (χ1) is 67.9. The van der Waals surface area contributed by atoms with Crippen molar-refractivity contribution in [1.29, 1.82) is 0 Å². The van der Waals surface area contributed by atoms with Crippen LogP contribution in [-0.4, -0.2) is 218 Å². The minimum atomic E-state index is -5.19. The summed E-state index contributed by atoms with van der Waals surface area (Å²) in [5, 5.41) is 36.5. The van der Waals surface area contributed by atoms with E-state index < -0.39 is 93.7 Å². The normalized spacial score (nSPS) is 22.1. The van der Waals surface area contributed by atoms with Gasteiger partial charge in [0, 0.05) is 197 Å². The molecule has 9 atom stereocenters. The monoisotopic (exact) mass is 2450 g/mol. The molecule has 6 aliphatic heterocycles. The number of carboxylic acids is 3. The van der Waals surface area contributed by atoms with Gasteiger partial charge < -0.3 is 60.3 Å². The summed E-state index contributed by atoms with van der Waals surface area (Å²) in [6.07, 6.45) is -2.50. The van der Waals surface area contributed by atoms with Gasteiger partial charge in [-0.1, -0.05) is 36.4 Å². The molecule has 0 saturated carbocycles. The van der Waals surface area contributed by atoms with E-state index in [2.05, 4.69) is 234 Å². The van der Waals surface area contributed by atoms with Crippen LogP contribution in [0.3, 0.4) is 0 Å². The molecule has 3 aliphatic carbocycles. The van der Waals surface area contributed by atoms with E-state index >= 15 is 8.78 Å². The zero-order valence-corrected chi connectivity index (χ0v) is 96.6. The van der Waals surface area contributed by atoms with Crippen molar-refractivity contribution in [2.75, 3.05) is 78.5 Å². The average Bonchev–Trinajstić information content (AvgIpc) is 1.58. The van der Waals surface area contributed by atoms with Crippen molar-refractivity contribution >= 4 is 134 Å². The van der Waals surface area contributed by atoms with Gasteiger partial charge >= 0.3 is 24.4 Å². The van der Waals surface area contributed by atoms with E-state index in [0.29, 0.717) is 89.7 Å². The van der Waals surface area contributed by atoms with Crippen molar-refractivity contribution in [3.63, 3.8) is 0 Å². The van der Waals surface area contributed by atoms with E-state index in [1.165, 1.54) is 97.2 Å². The van der Waals surface area contributed by atoms with Crippen molar-refractivity contribution in [3.8, 4) is 0 Å². The number of amides is 6. The highest BCUT2D eigenvalue weighted by molar-refractivity contribution is 14.1. The Morgan fingerprint density at radius 3 is 0.819 bits per heavy atom. The molecule has 824 valence electrons. The molecule has 6 heterocycles. The number of likely N-dealkylation sites (tertiary alicyclic amines) is 6. The number of nitrogens with zero attached hydrogens (tertiary/aromatic N) is 6. The van der Waals surface area contributed by atoms with Gasteiger partial charge in [0.2, 0.25) is 29.5 Å². The average molecular weight is 2460 g/mol. The largest absolute Gasteiger partial charge is 0.542 e. The van der Waals surface area contributed by atoms with E-state index in [0.717, 1.165) is 76.0 Å². The first-order valence-corrected chi connectivity index (χ1v) is 53.3. The number of rotatable bonds is 12. The molecule has 6 aromatic rings. The zero-order valence-electron chi connectivity index (χ0n) is 89.3. The van der Waals surface area contributed by atoms with Crippen LogP contribution in [0.25, 0.3) is 0 Å². The van der Waals surface area contributed by atoms with Gasteiger partial charge in [0.1, 0.15) is 52.4 Å². The van der Waals surface area contributed by atoms with Crippen LogP contribution in [-0.2, 0) is 59.3 Å². The highest BCUT2D eigenvalue weighted by Crippen LogP contribution is 2.60. The molecule has 6 amide bonds. The second-order valence-corrected chi connectivity index (χ2v) is 50.8. The SMILES string of the molecule is CC(=O)NC(C)(C)[C@@H]1CC2(CCN(C(=O)C3CN(C(C)(C)C)C[C@H]3c3ccc(F)cc3F)CC2)c2cc(I)c(C)cc21.CC(=O)NC(C)(C)[C@@H]1CC2(CCN(C(=O)OC(C)(C)C)CC2)c2cc(I)c(C)cc21.CC(=O)NC(C)(C)[C@H]1CC2(CCN(C(=O)C3CN(C(C)(C)C)C[C@H]3c3ccc(F)cc3F)CC2)c2cc(I)c(C)cc21.CC(C)(C)N1CC(C(=O)O)[C@H](c2ccc(F)cc2F)C1.Cl.O=C([O-])C(F)(F)F.O=C([O-])C(F)(F)F. The number of aryl methyl sites for hydroxylation is 3. The summed E-state index contributed by atoms with van der Waals surface area (Å²) in [6, 6.07) is 24.8. The molecule has 6 aromatic carbocycles. The number of carbonyl (C=O) groups excluding carboxylic acids is 8. The highest BCUT2D eigenvalue weighted by atomic mass is 127. The third-order valence-corrected chi connectivity index (χ3v) is 35.0. The van der Waals surface area contributed by atoms with Gasteiger partial charge in [-0.25, -0.2) is 31.1 Å². The van der Waals surface area contributed by atoms with Crippen molar-refractivity contribution in [1.82, 2.24) is 45.3 Å². The quantitative estimate of drug-likeness (QED) is 0.0654. The third-order valence-electron chi connectivity index (χ3n) is 31.5. The smallest absolute Gasteiger partial charge is 0.430 e. The number of aliphatic carboxylic acids is 3. The molecular formula is C111H143ClF12I3N9O13-2. The minimum Gasteiger partial charge on any atom is -0.542 e. The van der Waals surface area contributed by atoms with Crippen LogP contribution >= 0.6 is 80.2 Å². The number of carboxylic acid groups (broad SMARTS) is 3. The standard InChI is InChI=1S/2C34H44F2IN3O2.C24H35IN2O3.C15H19F2NO2.2C2HF3O2.ClH/c2*1-20-14-24-27(16-30(20)37)34(17-28(24)33(6,7)38-21(2)41)10-12-39(13-11-34)31(42)26-19-40(32(3,4)5)18-25(26)23-9-8-22(35)15-29(23)36;1-15-12-17-18(13-20(15)25)24(14-19(17)23(6,7)26-16(2)28)8-10-27(11-9-24)21(29)30-22(3,4)5;1-15(2,3)18-7-11(12(8-18)14(19)20)10-5-4-9(16)6-13(10)17;2*3-2(4,5)1(6)7;/h2*8-9,14-16,25-26,28H,10-13,17-19H2,1-7H3,(H,38,41);12-13,19H,8-11,14H2,1-7H3,(H,26,28);4-6,11-12H,7-8H2,1-3H3,(H,19,20);2*(H,6,7);1H/p-2/t25-,26?,28+;25-,26?,28-;19-;11-,12?;;;/m0010.../s1. The Balaban J connectivity index is 0.000000216. The summed E-state index contributed by atoms with van der Waals surface area (Å²) < 4.78 is 157. The van der Waals surface area contributed by atoms with Gasteiger partial charge in [0.25, 0.3) is 0 Å². The molecule has 4 N–H and O–H groups in total. The third kappa shape index (κ3) is 29.6. The molecule has 9 aliphatic rings. The molecule has 6 fully saturated rings. The topological polar surface area (TPSA) is 285 Å². The molecule has 6 saturated heterocycles. The van der Waals surface area contributed by atoms with Crippen molar-refractivity contribution in [3.05, 3.63) is 203 Å². The highest BCUT2D eigenvalue weighted by Gasteiger charge is 2.57. The lowest BCUT2D eigenvalue weighted by molar-refractivity contribution is -0.344. The molecule has 38 heteroatoms. The van der Waals surface area contributed by atoms with Gasteiger partial charge in [0.05, 0.1) is 17.8 Å². The maximum Gasteiger partial charge on any atom is 0.430 e. The maximum atomic E-state index is 15.0. The van der Waals surface area contributed by atoms with Gasteiger partial charge in [-0.3, -0.25) is 43.5 Å². The maximum absolute atomic E-state index is 15.0. The number of hydrogen-bond acceptors (Lipinski definition) is 15. The number of nitrogens with one attached hydrogen (secondary N) is 3. The number of hydrogen-bond donors (Lipinski definition) is 4. The fourth-order valence-electron chi connectivity index (χ4n) is 23.5. The Bertz CT molecular complexity index is 5700. The van der Waals surface area contributed by atoms with Crippen molar-refractivity contribution < 1.29 is 116 Å². The summed E-state index contributed by atoms with van der Waals surface area (Å²) in [5.41, 5.74) is 10.8. The van der Waals surface area contributed by atoms with Gasteiger partial charge in [-0.2, -0.15) is 26.3 Å². The second-order valence-electron chi connectivity index (χ2n) is 47.3. The summed E-state index contributed by atoms with van der Waals surface area (Å²) in [5.74, 6) is -12.5.